The van der Waals surface area contributed by atoms with Crippen molar-refractivity contribution in [1.29, 1.82) is 0 Å². The van der Waals surface area contributed by atoms with Crippen LogP contribution in [-0.2, 0) is 99.2 Å². The highest BCUT2D eigenvalue weighted by atomic mass is 33.1. The number of benzene rings is 3. The third-order valence-electron chi connectivity index (χ3n) is 17.9. The van der Waals surface area contributed by atoms with E-state index in [1.54, 1.807) is 74.6 Å². The second kappa shape index (κ2) is 40.5. The van der Waals surface area contributed by atoms with Gasteiger partial charge in [-0.15, -0.1) is 0 Å². The lowest BCUT2D eigenvalue weighted by atomic mass is 10.0. The number of nitrogens with two attached hydrogens (primary N) is 1. The van der Waals surface area contributed by atoms with E-state index in [2.05, 4.69) is 88.7 Å². The zero-order valence-corrected chi connectivity index (χ0v) is 61.9. The molecule has 3 aromatic carbocycles. The van der Waals surface area contributed by atoms with Crippen molar-refractivity contribution in [2.75, 3.05) is 11.5 Å². The van der Waals surface area contributed by atoms with Crippen LogP contribution in [0.2, 0.25) is 0 Å². The summed E-state index contributed by atoms with van der Waals surface area (Å²) >= 11 is 0. The Hall–Kier alpha value is -11.6. The number of aromatic nitrogens is 5. The molecule has 14 atom stereocenters. The Bertz CT molecular complexity index is 4260. The topological polar surface area (TPSA) is 563 Å². The van der Waals surface area contributed by atoms with Gasteiger partial charge in [-0.3, -0.25) is 62.3 Å². The van der Waals surface area contributed by atoms with Gasteiger partial charge in [-0.2, -0.15) is 0 Å². The van der Waals surface area contributed by atoms with Crippen molar-refractivity contribution in [3.8, 4) is 5.75 Å². The van der Waals surface area contributed by atoms with Crippen LogP contribution in [0.4, 0.5) is 0 Å². The first kappa shape index (κ1) is 84.0. The molecule has 2 aliphatic rings. The molecule has 0 saturated carbocycles. The smallest absolute Gasteiger partial charge is 0.327 e. The number of carbonyl (C=O) groups excluding carboxylic acids is 12. The number of aliphatic hydroxyl groups excluding tert-OH is 1. The number of fused-ring (bicyclic) bond motifs is 5. The Morgan fingerprint density at radius 2 is 0.955 bits per heavy atom. The first-order chi connectivity index (χ1) is 52.5. The van der Waals surface area contributed by atoms with Crippen molar-refractivity contribution >= 4 is 115 Å². The number of aromatic amines is 3. The number of aromatic hydroxyl groups is 1. The molecule has 5 heterocycles. The second-order valence-electron chi connectivity index (χ2n) is 26.8. The SMILES string of the molecule is CC(C)[C@@H]1NC(=O)[C@@H](N)CSSC[C@@H](C(=O)O)NC(=O)[C@H]([C@@H](C)O)NC(=O)[C@H](Cc2c[nH]c3ccccc23)NC(=O)[C@@H]2CC=CC[C@H](NC(=O)[C@H](Cc3ccc(O)cc3)NC(=O)[C@H](C)NC1=O)C(=O)N[C@@H](Cc1ccccc1)C(=O)N[C@@H](CCC(=O)O)C(=O)N[C@@H](Cc1cnc[nH]1)C(=O)N[C@@H](Cc1cnc[nH]1)C(=O)N2. The molecular formula is C72H90N18O18S2. The number of amides is 12. The van der Waals surface area contributed by atoms with Gasteiger partial charge in [-0.1, -0.05) is 108 Å². The van der Waals surface area contributed by atoms with E-state index < -0.39 is 199 Å². The summed E-state index contributed by atoms with van der Waals surface area (Å²) in [6, 6.07) is -0.891. The van der Waals surface area contributed by atoms with Crippen LogP contribution in [0.1, 0.15) is 81.5 Å². The normalized spacial score (nSPS) is 25.3. The third-order valence-corrected chi connectivity index (χ3v) is 20.4. The average Bonchev–Trinajstić information content (AvgIpc) is 1.62. The number of nitrogens with zero attached hydrogens (tertiary/aromatic N) is 2. The van der Waals surface area contributed by atoms with Crippen LogP contribution in [0.5, 0.6) is 5.75 Å². The van der Waals surface area contributed by atoms with Gasteiger partial charge < -0.3 is 105 Å². The summed E-state index contributed by atoms with van der Waals surface area (Å²) < 4.78 is 0. The van der Waals surface area contributed by atoms with E-state index in [1.807, 2.05) is 0 Å². The molecule has 21 N–H and O–H groups in total. The molecule has 6 aromatic rings. The second-order valence-corrected chi connectivity index (χ2v) is 29.4. The van der Waals surface area contributed by atoms with E-state index in [0.717, 1.165) is 28.5 Å². The zero-order chi connectivity index (χ0) is 79.7. The summed E-state index contributed by atoms with van der Waals surface area (Å²) in [5.74, 6) is -16.8. The highest BCUT2D eigenvalue weighted by molar-refractivity contribution is 8.76. The van der Waals surface area contributed by atoms with Gasteiger partial charge in [0.15, 0.2) is 0 Å². The Labute approximate surface area is 638 Å². The number of phenolic OH excluding ortho intramolecular Hbond substituents is 1. The van der Waals surface area contributed by atoms with Crippen molar-refractivity contribution in [2.24, 2.45) is 11.7 Å². The standard InChI is InChI=1S/C72H90N18O18S2/c1-36(2)58-70(105)79-37(3)60(95)83-51(25-40-18-20-44(92)21-19-40)65(100)80-48-16-10-11-17-49(63(98)85-53(26-41-29-76-47-15-9-8-14-45(41)47)69(104)90-59(38(4)91)71(106)88-56(72(107)108)33-110-109-32-46(73)61(96)89-58)81-67(102)54(27-42-30-74-34-77-42)87-68(103)55(28-43-31-75-35-78-43)86-64(99)50(22-23-57(93)94)82-66(101)52(84-62(48)97)24-39-12-6-5-7-13-39/h5-15,18-21,29-31,34-38,46,48-56,58-59,76,91-92H,16-17,22-28,32-33,73H2,1-4H3,(H,74,77)(H,75,78)(H,79,105)(H,80,100)(H,81,102)(H,82,101)(H,83,95)(H,84,97)(H,85,98)(H,86,99)(H,87,103)(H,88,106)(H,89,96)(H,90,104)(H,93,94)(H,107,108)/t37-,38+,46-,48-,49-,50-,51-,52-,53-,54-,55-,56-,58-,59-/m0/s1. The largest absolute Gasteiger partial charge is 0.508 e. The van der Waals surface area contributed by atoms with Gasteiger partial charge in [0.05, 0.1) is 24.8 Å². The van der Waals surface area contributed by atoms with E-state index in [-0.39, 0.29) is 60.7 Å². The van der Waals surface area contributed by atoms with Gasteiger partial charge >= 0.3 is 11.9 Å². The molecule has 36 nitrogen and oxygen atoms in total. The number of H-pyrrole nitrogens is 3. The van der Waals surface area contributed by atoms with Crippen LogP contribution in [0, 0.1) is 5.92 Å². The summed E-state index contributed by atoms with van der Waals surface area (Å²) in [5, 5.41) is 73.3. The lowest BCUT2D eigenvalue weighted by Crippen LogP contribution is -2.62. The summed E-state index contributed by atoms with van der Waals surface area (Å²) in [6.07, 6.45) is 3.46. The van der Waals surface area contributed by atoms with E-state index >= 15 is 24.0 Å². The van der Waals surface area contributed by atoms with Crippen molar-refractivity contribution in [3.05, 3.63) is 150 Å². The first-order valence-corrected chi connectivity index (χ1v) is 37.7. The lowest BCUT2D eigenvalue weighted by Gasteiger charge is -2.29. The van der Waals surface area contributed by atoms with Crippen LogP contribution < -0.4 is 69.5 Å². The number of aliphatic carboxylic acids is 2. The molecule has 3 aromatic heterocycles. The third kappa shape index (κ3) is 25.0. The van der Waals surface area contributed by atoms with Gasteiger partial charge in [-0.25, -0.2) is 14.8 Å². The minimum Gasteiger partial charge on any atom is -0.508 e. The number of carboxylic acids is 2. The number of phenols is 1. The summed E-state index contributed by atoms with van der Waals surface area (Å²) in [4.78, 5) is 219. The summed E-state index contributed by atoms with van der Waals surface area (Å²) in [6.45, 7) is 5.61. The fourth-order valence-electron chi connectivity index (χ4n) is 11.8. The Kier molecular flexibility index (Phi) is 30.9. The summed E-state index contributed by atoms with van der Waals surface area (Å²) in [5.41, 5.74) is 8.62. The number of hydrogen-bond acceptors (Lipinski definition) is 21. The van der Waals surface area contributed by atoms with Crippen molar-refractivity contribution < 1.29 is 87.5 Å². The predicted molar refractivity (Wildman–Crippen MR) is 400 cm³/mol. The van der Waals surface area contributed by atoms with E-state index in [9.17, 15) is 63.6 Å². The maximum Gasteiger partial charge on any atom is 0.327 e. The quantitative estimate of drug-likeness (QED) is 0.0359. The average molecular weight is 1560 g/mol. The number of aliphatic hydroxyl groups is 1. The molecule has 0 spiro atoms. The van der Waals surface area contributed by atoms with Gasteiger partial charge in [0.2, 0.25) is 70.9 Å². The maximum atomic E-state index is 15.5. The number of imidazole rings is 2. The van der Waals surface area contributed by atoms with Crippen molar-refractivity contribution in [3.63, 3.8) is 0 Å². The van der Waals surface area contributed by atoms with Crippen LogP contribution in [-0.4, -0.2) is 224 Å². The molecular weight excluding hydrogens is 1470 g/mol. The van der Waals surface area contributed by atoms with Crippen LogP contribution in [0.15, 0.2) is 122 Å². The highest BCUT2D eigenvalue weighted by Gasteiger charge is 2.39. The number of carboxylic acid groups (broad SMARTS) is 2. The molecule has 2 aliphatic heterocycles. The number of hydrogen-bond donors (Lipinski definition) is 20. The van der Waals surface area contributed by atoms with Crippen LogP contribution in [0.25, 0.3) is 10.9 Å². The molecule has 0 unspecified atom stereocenters. The fourth-order valence-corrected chi connectivity index (χ4v) is 14.0. The minimum absolute atomic E-state index is 0.161. The molecule has 12 amide bonds. The molecule has 0 fully saturated rings. The number of para-hydroxylation sites is 1. The van der Waals surface area contributed by atoms with Gasteiger partial charge in [0.1, 0.15) is 78.3 Å². The molecule has 0 saturated heterocycles. The van der Waals surface area contributed by atoms with Crippen molar-refractivity contribution in [2.45, 2.75) is 170 Å². The van der Waals surface area contributed by atoms with Crippen molar-refractivity contribution in [1.82, 2.24) is 88.7 Å². The monoisotopic (exact) mass is 1560 g/mol. The molecule has 38 heteroatoms. The van der Waals surface area contributed by atoms with Gasteiger partial charge in [0, 0.05) is 90.9 Å². The fraction of sp³-hybridized carbons (Fsp3) is 0.417. The number of nitrogens with one attached hydrogen (secondary N) is 15. The molecule has 110 heavy (non-hydrogen) atoms. The predicted octanol–water partition coefficient (Wildman–Crippen LogP) is -2.27. The molecule has 8 rings (SSSR count). The van der Waals surface area contributed by atoms with Crippen LogP contribution in [0.3, 0.4) is 0 Å². The number of carbonyl (C=O) groups is 14. The lowest BCUT2D eigenvalue weighted by molar-refractivity contribution is -0.142. The van der Waals surface area contributed by atoms with Gasteiger partial charge in [0.25, 0.3) is 0 Å². The molecule has 0 radical (unpaired) electrons. The van der Waals surface area contributed by atoms with Crippen LogP contribution >= 0.6 is 21.6 Å². The molecule has 0 aliphatic carbocycles. The summed E-state index contributed by atoms with van der Waals surface area (Å²) in [7, 11) is 1.82. The van der Waals surface area contributed by atoms with E-state index in [4.69, 9.17) is 5.73 Å². The maximum absolute atomic E-state index is 15.5. The Morgan fingerprint density at radius 1 is 0.491 bits per heavy atom. The zero-order valence-electron chi connectivity index (χ0n) is 60.3. The van der Waals surface area contributed by atoms with E-state index in [1.165, 1.54) is 68.4 Å². The number of rotatable bonds is 16. The molecule has 2 bridgehead atoms. The van der Waals surface area contributed by atoms with E-state index in [0.29, 0.717) is 27.6 Å². The Balaban J connectivity index is 1.27. The molecule has 588 valence electrons. The van der Waals surface area contributed by atoms with Gasteiger partial charge in [-0.05, 0) is 73.9 Å². The minimum atomic E-state index is -1.91. The highest BCUT2D eigenvalue weighted by Crippen LogP contribution is 2.24. The Morgan fingerprint density at radius 3 is 1.49 bits per heavy atom. The first-order valence-electron chi connectivity index (χ1n) is 35.2.